The number of aliphatic carboxylic acids is 1. The van der Waals surface area contributed by atoms with Gasteiger partial charge in [0.25, 0.3) is 18.3 Å². The van der Waals surface area contributed by atoms with E-state index in [9.17, 15) is 19.2 Å². The maximum absolute atomic E-state index is 10.6. The maximum Gasteiger partial charge on any atom is 0.368 e. The number of hydrogen-bond acceptors (Lipinski definition) is 5. The van der Waals surface area contributed by atoms with Gasteiger partial charge in [-0.1, -0.05) is 0 Å². The van der Waals surface area contributed by atoms with Crippen molar-refractivity contribution in [3.8, 4) is 0 Å². The second kappa shape index (κ2) is 3.52. The van der Waals surface area contributed by atoms with Crippen LogP contribution in [0.5, 0.6) is 0 Å². The van der Waals surface area contributed by atoms with Crippen LogP contribution in [0.3, 0.4) is 0 Å². The summed E-state index contributed by atoms with van der Waals surface area (Å²) >= 11 is 0. The molecule has 0 saturated carbocycles. The first-order valence-corrected chi connectivity index (χ1v) is 2.84. The van der Waals surface area contributed by atoms with Crippen molar-refractivity contribution in [3.63, 3.8) is 0 Å². The minimum absolute atomic E-state index is 0.399. The molecule has 0 aromatic rings. The first-order chi connectivity index (χ1) is 5.89. The molecular weight excluding hydrogens is 184 g/mol. The van der Waals surface area contributed by atoms with E-state index in [4.69, 9.17) is 5.11 Å². The summed E-state index contributed by atoms with van der Waals surface area (Å²) in [7, 11) is 0. The number of hydrogen-bond donors (Lipinski definition) is 3. The van der Waals surface area contributed by atoms with Gasteiger partial charge in [-0.3, -0.25) is 14.4 Å². The lowest BCUT2D eigenvalue weighted by molar-refractivity contribution is -0.178. The van der Waals surface area contributed by atoms with Crippen LogP contribution in [0, 0.1) is 0 Å². The zero-order valence-electron chi connectivity index (χ0n) is 6.22. The van der Waals surface area contributed by atoms with E-state index in [1.165, 1.54) is 0 Å². The van der Waals surface area contributed by atoms with Gasteiger partial charge >= 0.3 is 11.6 Å². The van der Waals surface area contributed by atoms with Crippen LogP contribution in [0.2, 0.25) is 0 Å². The van der Waals surface area contributed by atoms with E-state index in [-0.39, 0.29) is 0 Å². The highest BCUT2D eigenvalue weighted by molar-refractivity contribution is 6.24. The Bertz CT molecular complexity index is 236. The summed E-state index contributed by atoms with van der Waals surface area (Å²) < 4.78 is 3.78. The third-order valence-corrected chi connectivity index (χ3v) is 1.22. The van der Waals surface area contributed by atoms with Gasteiger partial charge in [0, 0.05) is 0 Å². The summed E-state index contributed by atoms with van der Waals surface area (Å²) in [6.07, 6.45) is 0. The Morgan fingerprint density at radius 1 is 1.23 bits per heavy atom. The van der Waals surface area contributed by atoms with Crippen LogP contribution in [0.4, 0.5) is 0 Å². The standard InChI is InChI=1S/C5H6N2O6/c6-2(9)5(3(7)10,4(11)12)13-1-8/h1H,(H2,6,9)(H2,7,10)(H,11,12). The van der Waals surface area contributed by atoms with Crippen molar-refractivity contribution in [2.75, 3.05) is 0 Å². The molecule has 8 heteroatoms. The van der Waals surface area contributed by atoms with Gasteiger partial charge in [0.05, 0.1) is 0 Å². The van der Waals surface area contributed by atoms with Crippen molar-refractivity contribution in [1.82, 2.24) is 0 Å². The molecule has 13 heavy (non-hydrogen) atoms. The van der Waals surface area contributed by atoms with Crippen LogP contribution >= 0.6 is 0 Å². The molecule has 0 heterocycles. The van der Waals surface area contributed by atoms with Crippen molar-refractivity contribution in [2.45, 2.75) is 5.60 Å². The fourth-order valence-corrected chi connectivity index (χ4v) is 0.571. The smallest absolute Gasteiger partial charge is 0.368 e. The molecule has 72 valence electrons. The first kappa shape index (κ1) is 10.9. The van der Waals surface area contributed by atoms with Crippen LogP contribution in [0.15, 0.2) is 0 Å². The molecule has 0 aliphatic heterocycles. The first-order valence-electron chi connectivity index (χ1n) is 2.84. The zero-order chi connectivity index (χ0) is 10.6. The van der Waals surface area contributed by atoms with Crippen LogP contribution in [-0.2, 0) is 23.9 Å². The van der Waals surface area contributed by atoms with Crippen molar-refractivity contribution in [2.24, 2.45) is 11.5 Å². The average molecular weight is 190 g/mol. The van der Waals surface area contributed by atoms with Gasteiger partial charge in [0.1, 0.15) is 0 Å². The summed E-state index contributed by atoms with van der Waals surface area (Å²) in [5.74, 6) is -5.38. The lowest BCUT2D eigenvalue weighted by atomic mass is 10.0. The molecule has 8 nitrogen and oxygen atoms in total. The van der Waals surface area contributed by atoms with Crippen molar-refractivity contribution in [1.29, 1.82) is 0 Å². The second-order valence-corrected chi connectivity index (χ2v) is 1.93. The molecule has 0 aliphatic rings. The molecular formula is C5H6N2O6. The molecule has 2 amide bonds. The number of carbonyl (C=O) groups is 4. The Labute approximate surface area is 71.4 Å². The molecule has 0 fully saturated rings. The van der Waals surface area contributed by atoms with Crippen molar-refractivity contribution < 1.29 is 29.0 Å². The molecule has 0 spiro atoms. The fourth-order valence-electron chi connectivity index (χ4n) is 0.571. The lowest BCUT2D eigenvalue weighted by Crippen LogP contribution is -2.61. The number of primary amides is 2. The van der Waals surface area contributed by atoms with Gasteiger partial charge in [0.15, 0.2) is 0 Å². The van der Waals surface area contributed by atoms with E-state index in [0.29, 0.717) is 0 Å². The number of carboxylic acids is 1. The fraction of sp³-hybridized carbons (Fsp3) is 0.200. The van der Waals surface area contributed by atoms with Gasteiger partial charge in [-0.25, -0.2) is 4.79 Å². The number of ether oxygens (including phenoxy) is 1. The lowest BCUT2D eigenvalue weighted by Gasteiger charge is -2.19. The van der Waals surface area contributed by atoms with Gasteiger partial charge in [0.2, 0.25) is 0 Å². The Balaban J connectivity index is 5.29. The maximum atomic E-state index is 10.6. The molecule has 0 bridgehead atoms. The quantitative estimate of drug-likeness (QED) is 0.309. The van der Waals surface area contributed by atoms with Crippen LogP contribution in [0.1, 0.15) is 0 Å². The Morgan fingerprint density at radius 3 is 1.69 bits per heavy atom. The summed E-state index contributed by atoms with van der Waals surface area (Å²) in [5, 5.41) is 8.41. The largest absolute Gasteiger partial charge is 0.477 e. The highest BCUT2D eigenvalue weighted by Crippen LogP contribution is 2.08. The highest BCUT2D eigenvalue weighted by atomic mass is 16.6. The normalized spacial score (nSPS) is 10.2. The predicted octanol–water partition coefficient (Wildman–Crippen LogP) is -3.05. The van der Waals surface area contributed by atoms with Crippen LogP contribution in [0.25, 0.3) is 0 Å². The van der Waals surface area contributed by atoms with E-state index >= 15 is 0 Å². The van der Waals surface area contributed by atoms with Gasteiger partial charge in [-0.2, -0.15) is 0 Å². The minimum atomic E-state index is -3.12. The molecule has 0 atom stereocenters. The second-order valence-electron chi connectivity index (χ2n) is 1.93. The number of rotatable bonds is 5. The molecule has 0 radical (unpaired) electrons. The third kappa shape index (κ3) is 1.55. The Hall–Kier alpha value is -2.12. The topological polar surface area (TPSA) is 150 Å². The number of carboxylic acid groups (broad SMARTS) is 1. The van der Waals surface area contributed by atoms with E-state index in [1.807, 2.05) is 0 Å². The Kier molecular flexibility index (Phi) is 2.94. The molecule has 5 N–H and O–H groups in total. The van der Waals surface area contributed by atoms with Gasteiger partial charge < -0.3 is 21.3 Å². The average Bonchev–Trinajstić information content (AvgIpc) is 1.97. The van der Waals surface area contributed by atoms with E-state index in [2.05, 4.69) is 16.2 Å². The summed E-state index contributed by atoms with van der Waals surface area (Å²) in [5.41, 5.74) is 5.99. The minimum Gasteiger partial charge on any atom is -0.477 e. The van der Waals surface area contributed by atoms with Gasteiger partial charge in [-0.05, 0) is 0 Å². The van der Waals surface area contributed by atoms with Gasteiger partial charge in [-0.15, -0.1) is 0 Å². The Morgan fingerprint density at radius 2 is 1.62 bits per heavy atom. The summed E-state index contributed by atoms with van der Waals surface area (Å²) in [6, 6.07) is 0. The third-order valence-electron chi connectivity index (χ3n) is 1.22. The van der Waals surface area contributed by atoms with E-state index < -0.39 is 29.9 Å². The monoisotopic (exact) mass is 190 g/mol. The molecule has 0 rings (SSSR count). The SMILES string of the molecule is NC(=O)C(OC=O)(C(N)=O)C(=O)O. The summed E-state index contributed by atoms with van der Waals surface area (Å²) in [6.45, 7) is -0.399. The molecule has 0 unspecified atom stereocenters. The van der Waals surface area contributed by atoms with Crippen molar-refractivity contribution in [3.05, 3.63) is 0 Å². The van der Waals surface area contributed by atoms with Crippen LogP contribution in [-0.4, -0.2) is 35.0 Å². The van der Waals surface area contributed by atoms with E-state index in [1.54, 1.807) is 0 Å². The molecule has 0 saturated heterocycles. The summed E-state index contributed by atoms with van der Waals surface area (Å²) in [4.78, 5) is 41.3. The van der Waals surface area contributed by atoms with Crippen molar-refractivity contribution >= 4 is 24.3 Å². The number of amides is 2. The molecule has 0 aromatic carbocycles. The van der Waals surface area contributed by atoms with E-state index in [0.717, 1.165) is 0 Å². The molecule has 0 aromatic heterocycles. The number of carbonyl (C=O) groups excluding carboxylic acids is 3. The van der Waals surface area contributed by atoms with Crippen LogP contribution < -0.4 is 11.5 Å². The number of nitrogens with two attached hydrogens (primary N) is 2. The molecule has 0 aliphatic carbocycles. The zero-order valence-corrected chi connectivity index (χ0v) is 6.22. The highest BCUT2D eigenvalue weighted by Gasteiger charge is 2.54. The predicted molar refractivity (Wildman–Crippen MR) is 35.9 cm³/mol.